The lowest BCUT2D eigenvalue weighted by Gasteiger charge is -2.36. The van der Waals surface area contributed by atoms with Gasteiger partial charge in [-0.1, -0.05) is 91.0 Å². The fourth-order valence-electron chi connectivity index (χ4n) is 3.16. The van der Waals surface area contributed by atoms with Crippen molar-refractivity contribution >= 4 is 6.29 Å². The van der Waals surface area contributed by atoms with Gasteiger partial charge in [-0.25, -0.2) is 0 Å². The highest BCUT2D eigenvalue weighted by Crippen LogP contribution is 2.40. The quantitative estimate of drug-likeness (QED) is 0.331. The van der Waals surface area contributed by atoms with Crippen LogP contribution in [0.4, 0.5) is 0 Å². The Morgan fingerprint density at radius 3 is 1.44 bits per heavy atom. The number of carbonyl (C=O) groups is 1. The monoisotopic (exact) mass is 330 g/mol. The van der Waals surface area contributed by atoms with Gasteiger partial charge in [-0.3, -0.25) is 0 Å². The van der Waals surface area contributed by atoms with Gasteiger partial charge in [-0.15, -0.1) is 0 Å². The molecule has 0 heterocycles. The van der Waals surface area contributed by atoms with Crippen LogP contribution in [0.2, 0.25) is 0 Å². The Kier molecular flexibility index (Phi) is 5.76. The minimum absolute atomic E-state index is 0.508. The zero-order valence-corrected chi connectivity index (χ0v) is 14.2. The van der Waals surface area contributed by atoms with Crippen molar-refractivity contribution in [3.05, 3.63) is 108 Å². The molecule has 0 amide bonds. The maximum absolute atomic E-state index is 10.7. The van der Waals surface area contributed by atoms with E-state index in [0.29, 0.717) is 19.4 Å². The summed E-state index contributed by atoms with van der Waals surface area (Å²) in [6.07, 6.45) is 2.16. The van der Waals surface area contributed by atoms with Crippen molar-refractivity contribution in [2.75, 3.05) is 6.61 Å². The molecule has 2 heteroatoms. The van der Waals surface area contributed by atoms with Crippen molar-refractivity contribution in [3.63, 3.8) is 0 Å². The second kappa shape index (κ2) is 8.41. The van der Waals surface area contributed by atoms with Gasteiger partial charge in [0.2, 0.25) is 0 Å². The smallest absolute Gasteiger partial charge is 0.143 e. The maximum Gasteiger partial charge on any atom is 0.143 e. The fraction of sp³-hybridized carbons (Fsp3) is 0.174. The summed E-state index contributed by atoms with van der Waals surface area (Å²) in [5, 5.41) is 0. The Bertz CT molecular complexity index is 670. The second-order valence-corrected chi connectivity index (χ2v) is 5.94. The third kappa shape index (κ3) is 3.70. The van der Waals surface area contributed by atoms with Crippen LogP contribution in [0.3, 0.4) is 0 Å². The maximum atomic E-state index is 10.7. The summed E-state index contributed by atoms with van der Waals surface area (Å²) < 4.78 is 6.53. The molecule has 25 heavy (non-hydrogen) atoms. The SMILES string of the molecule is O=CCCCOC(c1ccccc1)(c1ccccc1)c1ccccc1. The van der Waals surface area contributed by atoms with E-state index < -0.39 is 5.60 Å². The number of rotatable bonds is 8. The number of ether oxygens (including phenoxy) is 1. The molecule has 0 radical (unpaired) electrons. The van der Waals surface area contributed by atoms with E-state index in [2.05, 4.69) is 36.4 Å². The molecule has 0 aliphatic heterocycles. The van der Waals surface area contributed by atoms with Crippen molar-refractivity contribution in [2.24, 2.45) is 0 Å². The van der Waals surface area contributed by atoms with Crippen molar-refractivity contribution in [1.29, 1.82) is 0 Å². The number of unbranched alkanes of at least 4 members (excludes halogenated alkanes) is 1. The number of benzene rings is 3. The van der Waals surface area contributed by atoms with E-state index in [1.807, 2.05) is 54.6 Å². The van der Waals surface area contributed by atoms with Crippen molar-refractivity contribution in [2.45, 2.75) is 18.4 Å². The molecule has 0 aromatic heterocycles. The van der Waals surface area contributed by atoms with Crippen molar-refractivity contribution < 1.29 is 9.53 Å². The van der Waals surface area contributed by atoms with Gasteiger partial charge in [-0.2, -0.15) is 0 Å². The van der Waals surface area contributed by atoms with Crippen LogP contribution in [-0.4, -0.2) is 12.9 Å². The lowest BCUT2D eigenvalue weighted by atomic mass is 9.80. The van der Waals surface area contributed by atoms with Gasteiger partial charge in [0.15, 0.2) is 0 Å². The molecule has 0 aliphatic rings. The average molecular weight is 330 g/mol. The number of aldehydes is 1. The van der Waals surface area contributed by atoms with Crippen LogP contribution in [0.1, 0.15) is 29.5 Å². The molecule has 0 unspecified atom stereocenters. The minimum atomic E-state index is -0.688. The first-order chi connectivity index (χ1) is 12.4. The first-order valence-corrected chi connectivity index (χ1v) is 8.62. The molecule has 2 nitrogen and oxygen atoms in total. The molecule has 0 fully saturated rings. The van der Waals surface area contributed by atoms with E-state index in [0.717, 1.165) is 23.0 Å². The second-order valence-electron chi connectivity index (χ2n) is 5.94. The lowest BCUT2D eigenvalue weighted by molar-refractivity contribution is -0.108. The molecule has 126 valence electrons. The van der Waals surface area contributed by atoms with Gasteiger partial charge in [-0.05, 0) is 23.1 Å². The number of hydrogen-bond donors (Lipinski definition) is 0. The first kappa shape index (κ1) is 17.1. The molecule has 3 aromatic carbocycles. The van der Waals surface area contributed by atoms with Gasteiger partial charge in [0, 0.05) is 13.0 Å². The van der Waals surface area contributed by atoms with E-state index in [-0.39, 0.29) is 0 Å². The molecular weight excluding hydrogens is 308 g/mol. The topological polar surface area (TPSA) is 26.3 Å². The first-order valence-electron chi connectivity index (χ1n) is 8.62. The highest BCUT2D eigenvalue weighted by Gasteiger charge is 2.37. The fourth-order valence-corrected chi connectivity index (χ4v) is 3.16. The van der Waals surface area contributed by atoms with E-state index >= 15 is 0 Å². The van der Waals surface area contributed by atoms with Gasteiger partial charge >= 0.3 is 0 Å². The van der Waals surface area contributed by atoms with Crippen LogP contribution in [0.5, 0.6) is 0 Å². The van der Waals surface area contributed by atoms with Crippen LogP contribution >= 0.6 is 0 Å². The van der Waals surface area contributed by atoms with Crippen LogP contribution in [0.25, 0.3) is 0 Å². The molecule has 0 bridgehead atoms. The summed E-state index contributed by atoms with van der Waals surface area (Å²) in [6, 6.07) is 30.8. The Labute approximate surface area is 149 Å². The molecule has 3 aromatic rings. The molecular formula is C23H22O2. The van der Waals surface area contributed by atoms with Crippen LogP contribution in [-0.2, 0) is 15.1 Å². The summed E-state index contributed by atoms with van der Waals surface area (Å²) in [5.74, 6) is 0. The normalized spacial score (nSPS) is 11.2. The van der Waals surface area contributed by atoms with E-state index in [9.17, 15) is 4.79 Å². The van der Waals surface area contributed by atoms with E-state index in [1.54, 1.807) is 0 Å². The lowest BCUT2D eigenvalue weighted by Crippen LogP contribution is -2.33. The van der Waals surface area contributed by atoms with Gasteiger partial charge in [0.05, 0.1) is 0 Å². The Morgan fingerprint density at radius 2 is 1.08 bits per heavy atom. The van der Waals surface area contributed by atoms with Crippen LogP contribution < -0.4 is 0 Å². The third-order valence-electron chi connectivity index (χ3n) is 4.33. The summed E-state index contributed by atoms with van der Waals surface area (Å²) in [7, 11) is 0. The molecule has 0 aliphatic carbocycles. The summed E-state index contributed by atoms with van der Waals surface area (Å²) in [5.41, 5.74) is 2.56. The number of hydrogen-bond acceptors (Lipinski definition) is 2. The van der Waals surface area contributed by atoms with Gasteiger partial charge in [0.25, 0.3) is 0 Å². The Balaban J connectivity index is 2.15. The summed E-state index contributed by atoms with van der Waals surface area (Å²) in [4.78, 5) is 10.7. The predicted molar refractivity (Wildman–Crippen MR) is 100 cm³/mol. The van der Waals surface area contributed by atoms with Crippen LogP contribution in [0.15, 0.2) is 91.0 Å². The summed E-state index contributed by atoms with van der Waals surface area (Å²) in [6.45, 7) is 0.511. The highest BCUT2D eigenvalue weighted by atomic mass is 16.5. The molecule has 0 saturated carbocycles. The Hall–Kier alpha value is -2.71. The van der Waals surface area contributed by atoms with Crippen molar-refractivity contribution in [1.82, 2.24) is 0 Å². The van der Waals surface area contributed by atoms with Gasteiger partial charge < -0.3 is 9.53 Å². The zero-order valence-electron chi connectivity index (χ0n) is 14.2. The molecule has 0 spiro atoms. The molecule has 3 rings (SSSR count). The van der Waals surface area contributed by atoms with E-state index in [4.69, 9.17) is 4.74 Å². The third-order valence-corrected chi connectivity index (χ3v) is 4.33. The summed E-state index contributed by atoms with van der Waals surface area (Å²) >= 11 is 0. The minimum Gasteiger partial charge on any atom is -0.361 e. The van der Waals surface area contributed by atoms with Crippen LogP contribution in [0, 0.1) is 0 Å². The Morgan fingerprint density at radius 1 is 0.680 bits per heavy atom. The molecule has 0 saturated heterocycles. The molecule has 0 N–H and O–H groups in total. The van der Waals surface area contributed by atoms with E-state index in [1.165, 1.54) is 0 Å². The largest absolute Gasteiger partial charge is 0.361 e. The standard InChI is InChI=1S/C23H22O2/c24-18-10-11-19-25-23(20-12-4-1-5-13-20,21-14-6-2-7-15-21)22-16-8-3-9-17-22/h1-9,12-18H,10-11,19H2. The number of carbonyl (C=O) groups excluding carboxylic acids is 1. The zero-order chi connectivity index (χ0) is 17.4. The highest BCUT2D eigenvalue weighted by molar-refractivity contribution is 5.49. The predicted octanol–water partition coefficient (Wildman–Crippen LogP) is 4.97. The van der Waals surface area contributed by atoms with Gasteiger partial charge in [0.1, 0.15) is 11.9 Å². The molecule has 0 atom stereocenters. The average Bonchev–Trinajstić information content (AvgIpc) is 2.70. The van der Waals surface area contributed by atoms with Crippen molar-refractivity contribution in [3.8, 4) is 0 Å².